The van der Waals surface area contributed by atoms with Crippen molar-refractivity contribution in [1.82, 2.24) is 5.32 Å². The molecule has 5 nitrogen and oxygen atoms in total. The molecule has 6 heteroatoms. The van der Waals surface area contributed by atoms with Gasteiger partial charge in [0, 0.05) is 16.3 Å². The van der Waals surface area contributed by atoms with Crippen LogP contribution in [0.2, 0.25) is 0 Å². The topological polar surface area (TPSA) is 71.4 Å². The first-order chi connectivity index (χ1) is 13.7. The van der Waals surface area contributed by atoms with Crippen molar-refractivity contribution in [3.8, 4) is 17.6 Å². The van der Waals surface area contributed by atoms with Gasteiger partial charge in [-0.25, -0.2) is 0 Å². The minimum absolute atomic E-state index is 0.171. The Morgan fingerprint density at radius 3 is 2.61 bits per heavy atom. The second-order valence-electron chi connectivity index (χ2n) is 6.08. The van der Waals surface area contributed by atoms with Gasteiger partial charge in [-0.05, 0) is 42.0 Å². The van der Waals surface area contributed by atoms with Crippen LogP contribution >= 0.6 is 11.8 Å². The van der Waals surface area contributed by atoms with Crippen LogP contribution in [0.15, 0.2) is 76.5 Å². The minimum Gasteiger partial charge on any atom is -0.454 e. The highest BCUT2D eigenvalue weighted by molar-refractivity contribution is 7.99. The lowest BCUT2D eigenvalue weighted by Crippen LogP contribution is -2.23. The van der Waals surface area contributed by atoms with Crippen LogP contribution < -0.4 is 14.8 Å². The lowest BCUT2D eigenvalue weighted by molar-refractivity contribution is 0.0948. The molecule has 1 N–H and O–H groups in total. The van der Waals surface area contributed by atoms with E-state index in [-0.39, 0.29) is 12.7 Å². The minimum atomic E-state index is -0.171. The van der Waals surface area contributed by atoms with Gasteiger partial charge in [0.2, 0.25) is 6.79 Å². The molecule has 1 heterocycles. The van der Waals surface area contributed by atoms with E-state index in [9.17, 15) is 10.1 Å². The van der Waals surface area contributed by atoms with E-state index >= 15 is 0 Å². The molecule has 1 aliphatic rings. The fourth-order valence-electron chi connectivity index (χ4n) is 2.84. The maximum Gasteiger partial charge on any atom is 0.252 e. The molecule has 0 spiro atoms. The van der Waals surface area contributed by atoms with Crippen molar-refractivity contribution >= 4 is 17.7 Å². The van der Waals surface area contributed by atoms with Gasteiger partial charge in [0.25, 0.3) is 5.91 Å². The normalized spacial score (nSPS) is 11.7. The molecule has 0 fully saturated rings. The van der Waals surface area contributed by atoms with Crippen LogP contribution in [-0.2, 0) is 6.54 Å². The Bertz CT molecular complexity index is 1080. The lowest BCUT2D eigenvalue weighted by Gasteiger charge is -2.11. The van der Waals surface area contributed by atoms with Gasteiger partial charge in [0.15, 0.2) is 11.5 Å². The van der Waals surface area contributed by atoms with Crippen molar-refractivity contribution in [3.63, 3.8) is 0 Å². The average molecular weight is 388 g/mol. The third kappa shape index (κ3) is 3.80. The molecule has 0 aromatic heterocycles. The first-order valence-corrected chi connectivity index (χ1v) is 9.49. The number of carbonyl (C=O) groups excluding carboxylic acids is 1. The Hall–Kier alpha value is -3.43. The van der Waals surface area contributed by atoms with Gasteiger partial charge in [-0.3, -0.25) is 4.79 Å². The maximum atomic E-state index is 12.8. The van der Waals surface area contributed by atoms with Crippen molar-refractivity contribution in [2.45, 2.75) is 16.3 Å². The van der Waals surface area contributed by atoms with Crippen molar-refractivity contribution in [2.75, 3.05) is 6.79 Å². The molecule has 1 aliphatic heterocycles. The zero-order valence-corrected chi connectivity index (χ0v) is 15.7. The number of fused-ring (bicyclic) bond motifs is 1. The van der Waals surface area contributed by atoms with E-state index in [4.69, 9.17) is 9.47 Å². The molecule has 0 atom stereocenters. The largest absolute Gasteiger partial charge is 0.454 e. The molecular formula is C22H16N2O3S. The zero-order valence-electron chi connectivity index (χ0n) is 14.8. The van der Waals surface area contributed by atoms with Gasteiger partial charge in [0.05, 0.1) is 11.1 Å². The van der Waals surface area contributed by atoms with E-state index in [1.807, 2.05) is 54.6 Å². The number of rotatable bonds is 5. The third-order valence-corrected chi connectivity index (χ3v) is 5.40. The van der Waals surface area contributed by atoms with Gasteiger partial charge < -0.3 is 14.8 Å². The van der Waals surface area contributed by atoms with Crippen LogP contribution in [0.5, 0.6) is 11.5 Å². The number of carbonyl (C=O) groups is 1. The number of amides is 1. The predicted octanol–water partition coefficient (Wildman–Crippen LogP) is 4.37. The summed E-state index contributed by atoms with van der Waals surface area (Å²) in [4.78, 5) is 14.4. The second kappa shape index (κ2) is 8.07. The summed E-state index contributed by atoms with van der Waals surface area (Å²) in [7, 11) is 0. The highest BCUT2D eigenvalue weighted by Crippen LogP contribution is 2.33. The summed E-state index contributed by atoms with van der Waals surface area (Å²) in [6, 6.07) is 22.5. The zero-order chi connectivity index (χ0) is 19.3. The predicted molar refractivity (Wildman–Crippen MR) is 105 cm³/mol. The summed E-state index contributed by atoms with van der Waals surface area (Å²) < 4.78 is 10.7. The summed E-state index contributed by atoms with van der Waals surface area (Å²) in [6.45, 7) is 0.600. The Balaban J connectivity index is 1.50. The van der Waals surface area contributed by atoms with Gasteiger partial charge >= 0.3 is 0 Å². The molecule has 0 radical (unpaired) electrons. The van der Waals surface area contributed by atoms with Crippen molar-refractivity contribution in [1.29, 1.82) is 5.26 Å². The quantitative estimate of drug-likeness (QED) is 0.703. The van der Waals surface area contributed by atoms with Crippen molar-refractivity contribution in [2.24, 2.45) is 0 Å². The Kier molecular flexibility index (Phi) is 5.18. The fraction of sp³-hybridized carbons (Fsp3) is 0.0909. The Morgan fingerprint density at radius 1 is 1.00 bits per heavy atom. The standard InChI is InChI=1S/C22H16N2O3S/c23-12-16-5-1-3-7-20(16)28-21-8-4-2-6-17(21)22(25)24-13-15-9-10-18-19(11-15)27-14-26-18/h1-11H,13-14H2,(H,24,25). The number of nitrogens with zero attached hydrogens (tertiary/aromatic N) is 1. The van der Waals surface area contributed by atoms with E-state index in [1.165, 1.54) is 11.8 Å². The van der Waals surface area contributed by atoms with Crippen LogP contribution in [0.1, 0.15) is 21.5 Å². The number of hydrogen-bond donors (Lipinski definition) is 1. The van der Waals surface area contributed by atoms with Gasteiger partial charge in [-0.2, -0.15) is 5.26 Å². The molecule has 0 saturated carbocycles. The van der Waals surface area contributed by atoms with Gasteiger partial charge in [-0.15, -0.1) is 0 Å². The first-order valence-electron chi connectivity index (χ1n) is 8.67. The first kappa shape index (κ1) is 18.0. The molecule has 4 rings (SSSR count). The molecule has 0 bridgehead atoms. The third-order valence-electron chi connectivity index (χ3n) is 4.25. The lowest BCUT2D eigenvalue weighted by atomic mass is 10.1. The fourth-order valence-corrected chi connectivity index (χ4v) is 3.86. The summed E-state index contributed by atoms with van der Waals surface area (Å²) in [5.74, 6) is 1.24. The van der Waals surface area contributed by atoms with Crippen LogP contribution in [-0.4, -0.2) is 12.7 Å². The van der Waals surface area contributed by atoms with Gasteiger partial charge in [-0.1, -0.05) is 42.1 Å². The molecular weight excluding hydrogens is 372 g/mol. The molecule has 28 heavy (non-hydrogen) atoms. The maximum absolute atomic E-state index is 12.8. The number of benzene rings is 3. The summed E-state index contributed by atoms with van der Waals surface area (Å²) in [5, 5.41) is 12.2. The summed E-state index contributed by atoms with van der Waals surface area (Å²) >= 11 is 1.41. The summed E-state index contributed by atoms with van der Waals surface area (Å²) in [6.07, 6.45) is 0. The van der Waals surface area contributed by atoms with E-state index in [0.717, 1.165) is 15.4 Å². The monoisotopic (exact) mass is 388 g/mol. The SMILES string of the molecule is N#Cc1ccccc1Sc1ccccc1C(=O)NCc1ccc2c(c1)OCO2. The molecule has 0 unspecified atom stereocenters. The molecule has 0 aliphatic carbocycles. The molecule has 1 amide bonds. The number of hydrogen-bond acceptors (Lipinski definition) is 5. The van der Waals surface area contributed by atoms with E-state index < -0.39 is 0 Å². The second-order valence-corrected chi connectivity index (χ2v) is 7.16. The van der Waals surface area contributed by atoms with E-state index in [1.54, 1.807) is 12.1 Å². The Morgan fingerprint density at radius 2 is 1.75 bits per heavy atom. The molecule has 3 aromatic carbocycles. The summed E-state index contributed by atoms with van der Waals surface area (Å²) in [5.41, 5.74) is 2.08. The smallest absolute Gasteiger partial charge is 0.252 e. The molecule has 138 valence electrons. The van der Waals surface area contributed by atoms with Gasteiger partial charge in [0.1, 0.15) is 6.07 Å². The van der Waals surface area contributed by atoms with Crippen molar-refractivity contribution < 1.29 is 14.3 Å². The highest BCUT2D eigenvalue weighted by Gasteiger charge is 2.15. The van der Waals surface area contributed by atoms with Crippen molar-refractivity contribution in [3.05, 3.63) is 83.4 Å². The van der Waals surface area contributed by atoms with Crippen LogP contribution in [0, 0.1) is 11.3 Å². The van der Waals surface area contributed by atoms with Crippen LogP contribution in [0.25, 0.3) is 0 Å². The number of nitriles is 1. The Labute approximate surface area is 166 Å². The molecule has 0 saturated heterocycles. The number of nitrogens with one attached hydrogen (secondary N) is 1. The average Bonchev–Trinajstić information content (AvgIpc) is 3.21. The highest BCUT2D eigenvalue weighted by atomic mass is 32.2. The van der Waals surface area contributed by atoms with Crippen LogP contribution in [0.4, 0.5) is 0 Å². The number of ether oxygens (including phenoxy) is 2. The van der Waals surface area contributed by atoms with Crippen LogP contribution in [0.3, 0.4) is 0 Å². The van der Waals surface area contributed by atoms with E-state index in [2.05, 4.69) is 11.4 Å². The van der Waals surface area contributed by atoms with E-state index in [0.29, 0.717) is 29.2 Å². The molecule has 3 aromatic rings.